The minimum Gasteiger partial charge on any atom is -0.350 e. The Kier molecular flexibility index (Phi) is 4.23. The summed E-state index contributed by atoms with van der Waals surface area (Å²) < 4.78 is 1.75. The van der Waals surface area contributed by atoms with Crippen molar-refractivity contribution in [3.8, 4) is 0 Å². The number of nitrogens with one attached hydrogen (secondary N) is 2. The number of hydrogen-bond acceptors (Lipinski definition) is 5. The highest BCUT2D eigenvalue weighted by Crippen LogP contribution is 2.24. The van der Waals surface area contributed by atoms with Crippen molar-refractivity contribution in [2.75, 3.05) is 10.6 Å². The maximum absolute atomic E-state index is 4.66. The molecule has 130 valence electrons. The third-order valence-electron chi connectivity index (χ3n) is 4.20. The third kappa shape index (κ3) is 3.35. The van der Waals surface area contributed by atoms with Crippen LogP contribution in [-0.2, 0) is 13.6 Å². The van der Waals surface area contributed by atoms with Crippen molar-refractivity contribution >= 4 is 28.5 Å². The number of aryl methyl sites for hydroxylation is 2. The Labute approximate surface area is 151 Å². The van der Waals surface area contributed by atoms with Crippen LogP contribution < -0.4 is 10.6 Å². The summed E-state index contributed by atoms with van der Waals surface area (Å²) in [6.07, 6.45) is 1.78. The molecule has 0 spiro atoms. The molecule has 6 heteroatoms. The maximum Gasteiger partial charge on any atom is 0.227 e. The molecule has 0 radical (unpaired) electrons. The zero-order chi connectivity index (χ0) is 17.9. The Morgan fingerprint density at radius 1 is 0.962 bits per heavy atom. The van der Waals surface area contributed by atoms with Crippen LogP contribution in [0.15, 0.2) is 60.8 Å². The lowest BCUT2D eigenvalue weighted by Gasteiger charge is -2.10. The molecule has 0 aliphatic heterocycles. The zero-order valence-electron chi connectivity index (χ0n) is 14.8. The number of benzene rings is 2. The smallest absolute Gasteiger partial charge is 0.227 e. The summed E-state index contributed by atoms with van der Waals surface area (Å²) in [5, 5.41) is 11.9. The molecule has 0 amide bonds. The van der Waals surface area contributed by atoms with Crippen molar-refractivity contribution < 1.29 is 0 Å². The summed E-state index contributed by atoms with van der Waals surface area (Å²) >= 11 is 0. The van der Waals surface area contributed by atoms with Crippen LogP contribution in [0.25, 0.3) is 11.0 Å². The minimum atomic E-state index is 0.570. The fourth-order valence-corrected chi connectivity index (χ4v) is 2.74. The Hall–Kier alpha value is -3.41. The molecule has 0 aliphatic rings. The van der Waals surface area contributed by atoms with Gasteiger partial charge < -0.3 is 10.6 Å². The topological polar surface area (TPSA) is 67.7 Å². The lowest BCUT2D eigenvalue weighted by molar-refractivity contribution is 0.785. The Bertz CT molecular complexity index is 1020. The van der Waals surface area contributed by atoms with Gasteiger partial charge in [0, 0.05) is 19.3 Å². The normalized spacial score (nSPS) is 10.8. The predicted octanol–water partition coefficient (Wildman–Crippen LogP) is 4.03. The molecule has 6 nitrogen and oxygen atoms in total. The molecule has 2 aromatic heterocycles. The quantitative estimate of drug-likeness (QED) is 0.572. The van der Waals surface area contributed by atoms with Crippen LogP contribution in [0.2, 0.25) is 0 Å². The van der Waals surface area contributed by atoms with Crippen LogP contribution >= 0.6 is 0 Å². The van der Waals surface area contributed by atoms with Gasteiger partial charge in [-0.1, -0.05) is 48.0 Å². The number of anilines is 3. The highest BCUT2D eigenvalue weighted by molar-refractivity contribution is 5.89. The first-order valence-electron chi connectivity index (χ1n) is 8.50. The van der Waals surface area contributed by atoms with E-state index in [1.54, 1.807) is 10.9 Å². The molecule has 2 N–H and O–H groups in total. The summed E-state index contributed by atoms with van der Waals surface area (Å²) in [5.41, 5.74) is 4.18. The van der Waals surface area contributed by atoms with E-state index in [-0.39, 0.29) is 0 Å². The molecule has 0 saturated carbocycles. The number of fused-ring (bicyclic) bond motifs is 1. The molecule has 0 unspecified atom stereocenters. The SMILES string of the molecule is Cc1ccc(CNc2nc(Nc3ccccc3)c3cnn(C)c3n2)cc1. The second kappa shape index (κ2) is 6.84. The first kappa shape index (κ1) is 16.1. The van der Waals surface area contributed by atoms with E-state index in [2.05, 4.69) is 56.9 Å². The van der Waals surface area contributed by atoms with Gasteiger partial charge in [-0.25, -0.2) is 0 Å². The zero-order valence-corrected chi connectivity index (χ0v) is 14.8. The molecule has 4 rings (SSSR count). The molecule has 0 saturated heterocycles. The van der Waals surface area contributed by atoms with Crippen LogP contribution in [0.4, 0.5) is 17.5 Å². The number of para-hydroxylation sites is 1. The first-order valence-corrected chi connectivity index (χ1v) is 8.50. The molecule has 0 atom stereocenters. The third-order valence-corrected chi connectivity index (χ3v) is 4.20. The number of aromatic nitrogens is 4. The van der Waals surface area contributed by atoms with Gasteiger partial charge in [0.25, 0.3) is 0 Å². The monoisotopic (exact) mass is 344 g/mol. The van der Waals surface area contributed by atoms with Gasteiger partial charge in [-0.2, -0.15) is 15.1 Å². The van der Waals surface area contributed by atoms with Crippen LogP contribution in [0.3, 0.4) is 0 Å². The summed E-state index contributed by atoms with van der Waals surface area (Å²) in [6.45, 7) is 2.74. The summed E-state index contributed by atoms with van der Waals surface area (Å²) in [5.74, 6) is 1.31. The van der Waals surface area contributed by atoms with Gasteiger partial charge in [0.2, 0.25) is 5.95 Å². The van der Waals surface area contributed by atoms with Crippen molar-refractivity contribution in [3.63, 3.8) is 0 Å². The van der Waals surface area contributed by atoms with Gasteiger partial charge in [-0.05, 0) is 24.6 Å². The molecule has 2 aromatic carbocycles. The molecule has 0 aliphatic carbocycles. The van der Waals surface area contributed by atoms with Gasteiger partial charge in [0.05, 0.1) is 11.6 Å². The van der Waals surface area contributed by atoms with E-state index in [0.29, 0.717) is 12.5 Å². The Balaban J connectivity index is 1.64. The van der Waals surface area contributed by atoms with Crippen LogP contribution in [0, 0.1) is 6.92 Å². The van der Waals surface area contributed by atoms with Crippen molar-refractivity contribution in [3.05, 3.63) is 71.9 Å². The highest BCUT2D eigenvalue weighted by Gasteiger charge is 2.12. The fourth-order valence-electron chi connectivity index (χ4n) is 2.74. The molecule has 4 aromatic rings. The van der Waals surface area contributed by atoms with Crippen molar-refractivity contribution in [2.24, 2.45) is 7.05 Å². The highest BCUT2D eigenvalue weighted by atomic mass is 15.3. The minimum absolute atomic E-state index is 0.570. The summed E-state index contributed by atoms with van der Waals surface area (Å²) in [7, 11) is 1.88. The second-order valence-electron chi connectivity index (χ2n) is 6.23. The average Bonchev–Trinajstić information content (AvgIpc) is 3.03. The second-order valence-corrected chi connectivity index (χ2v) is 6.23. The molecular formula is C20H20N6. The molecule has 2 heterocycles. The van der Waals surface area contributed by atoms with E-state index in [0.717, 1.165) is 22.5 Å². The lowest BCUT2D eigenvalue weighted by atomic mass is 10.1. The van der Waals surface area contributed by atoms with Crippen molar-refractivity contribution in [2.45, 2.75) is 13.5 Å². The molecule has 26 heavy (non-hydrogen) atoms. The summed E-state index contributed by atoms with van der Waals surface area (Å²) in [4.78, 5) is 9.26. The van der Waals surface area contributed by atoms with Gasteiger partial charge in [-0.3, -0.25) is 4.68 Å². The number of rotatable bonds is 5. The largest absolute Gasteiger partial charge is 0.350 e. The maximum atomic E-state index is 4.66. The molecule has 0 fully saturated rings. The van der Waals surface area contributed by atoms with E-state index < -0.39 is 0 Å². The summed E-state index contributed by atoms with van der Waals surface area (Å²) in [6, 6.07) is 18.4. The molecule has 0 bridgehead atoms. The van der Waals surface area contributed by atoms with E-state index >= 15 is 0 Å². The predicted molar refractivity (Wildman–Crippen MR) is 105 cm³/mol. The Morgan fingerprint density at radius 3 is 2.50 bits per heavy atom. The van der Waals surface area contributed by atoms with Gasteiger partial charge >= 0.3 is 0 Å². The molecular weight excluding hydrogens is 324 g/mol. The number of hydrogen-bond donors (Lipinski definition) is 2. The van der Waals surface area contributed by atoms with Crippen LogP contribution in [0.1, 0.15) is 11.1 Å². The van der Waals surface area contributed by atoms with E-state index in [1.807, 2.05) is 37.4 Å². The number of nitrogens with zero attached hydrogens (tertiary/aromatic N) is 4. The standard InChI is InChI=1S/C20H20N6/c1-14-8-10-15(11-9-14)12-21-20-24-18(23-16-6-4-3-5-7-16)17-13-22-26(2)19(17)25-20/h3-11,13H,12H2,1-2H3,(H2,21,23,24,25). The fraction of sp³-hybridized carbons (Fsp3) is 0.150. The van der Waals surface area contributed by atoms with E-state index in [1.165, 1.54) is 11.1 Å². The van der Waals surface area contributed by atoms with Crippen molar-refractivity contribution in [1.82, 2.24) is 19.7 Å². The first-order chi connectivity index (χ1) is 12.7. The van der Waals surface area contributed by atoms with Gasteiger partial charge in [0.1, 0.15) is 5.82 Å². The van der Waals surface area contributed by atoms with Gasteiger partial charge in [0.15, 0.2) is 5.65 Å². The lowest BCUT2D eigenvalue weighted by Crippen LogP contribution is -2.07. The van der Waals surface area contributed by atoms with Crippen molar-refractivity contribution in [1.29, 1.82) is 0 Å². The van der Waals surface area contributed by atoms with Crippen LogP contribution in [0.5, 0.6) is 0 Å². The average molecular weight is 344 g/mol. The van der Waals surface area contributed by atoms with Crippen LogP contribution in [-0.4, -0.2) is 19.7 Å². The van der Waals surface area contributed by atoms with Gasteiger partial charge in [-0.15, -0.1) is 0 Å². The van der Waals surface area contributed by atoms with E-state index in [9.17, 15) is 0 Å². The van der Waals surface area contributed by atoms with E-state index in [4.69, 9.17) is 0 Å². The Morgan fingerprint density at radius 2 is 1.73 bits per heavy atom.